The van der Waals surface area contributed by atoms with E-state index < -0.39 is 17.6 Å². The molecule has 0 spiro atoms. The predicted molar refractivity (Wildman–Crippen MR) is 81.9 cm³/mol. The van der Waals surface area contributed by atoms with Crippen molar-refractivity contribution in [3.05, 3.63) is 59.2 Å². The molecular formula is C17H16F3NO3. The molecule has 0 aliphatic heterocycles. The number of ether oxygens (including phenoxy) is 1. The van der Waals surface area contributed by atoms with Gasteiger partial charge in [0.25, 0.3) is 5.91 Å². The Morgan fingerprint density at radius 1 is 1.17 bits per heavy atom. The molecule has 0 radical (unpaired) electrons. The van der Waals surface area contributed by atoms with Gasteiger partial charge in [-0.25, -0.2) is 0 Å². The SMILES string of the molecule is COc1ccc(C(=O)N(C)Cc2ccc(C(F)(F)F)cc2)c(O)c1. The number of rotatable bonds is 4. The summed E-state index contributed by atoms with van der Waals surface area (Å²) in [5.74, 6) is -0.261. The van der Waals surface area contributed by atoms with Crippen LogP contribution < -0.4 is 4.74 Å². The number of carbonyl (C=O) groups excluding carboxylic acids is 1. The molecule has 24 heavy (non-hydrogen) atoms. The van der Waals surface area contributed by atoms with Crippen molar-refractivity contribution in [2.24, 2.45) is 0 Å². The first-order valence-corrected chi connectivity index (χ1v) is 7.01. The lowest BCUT2D eigenvalue weighted by Crippen LogP contribution is -2.26. The van der Waals surface area contributed by atoms with Gasteiger partial charge in [-0.05, 0) is 29.8 Å². The molecule has 4 nitrogen and oxygen atoms in total. The van der Waals surface area contributed by atoms with Crippen molar-refractivity contribution >= 4 is 5.91 Å². The Morgan fingerprint density at radius 2 is 1.79 bits per heavy atom. The van der Waals surface area contributed by atoms with Crippen LogP contribution in [0.4, 0.5) is 13.2 Å². The summed E-state index contributed by atoms with van der Waals surface area (Å²) in [6.45, 7) is 0.114. The molecule has 0 saturated heterocycles. The Labute approximate surface area is 137 Å². The van der Waals surface area contributed by atoms with Crippen molar-refractivity contribution in [3.8, 4) is 11.5 Å². The molecule has 1 N–H and O–H groups in total. The summed E-state index contributed by atoms with van der Waals surface area (Å²) in [5.41, 5.74) is -0.106. The normalized spacial score (nSPS) is 11.2. The number of amides is 1. The summed E-state index contributed by atoms with van der Waals surface area (Å²) in [6.07, 6.45) is -4.39. The fourth-order valence-corrected chi connectivity index (χ4v) is 2.17. The van der Waals surface area contributed by atoms with Crippen molar-refractivity contribution in [2.75, 3.05) is 14.2 Å². The molecule has 2 aromatic carbocycles. The lowest BCUT2D eigenvalue weighted by Gasteiger charge is -2.18. The highest BCUT2D eigenvalue weighted by Gasteiger charge is 2.30. The molecule has 0 aromatic heterocycles. The van der Waals surface area contributed by atoms with Crippen LogP contribution in [0.15, 0.2) is 42.5 Å². The van der Waals surface area contributed by atoms with Crippen molar-refractivity contribution in [1.82, 2.24) is 4.90 Å². The summed E-state index contributed by atoms with van der Waals surface area (Å²) in [6, 6.07) is 8.87. The van der Waals surface area contributed by atoms with Crippen LogP contribution in [0.25, 0.3) is 0 Å². The minimum absolute atomic E-state index is 0.0882. The second kappa shape index (κ2) is 6.82. The summed E-state index contributed by atoms with van der Waals surface area (Å²) in [5, 5.41) is 9.88. The minimum Gasteiger partial charge on any atom is -0.507 e. The highest BCUT2D eigenvalue weighted by molar-refractivity contribution is 5.96. The third kappa shape index (κ3) is 3.98. The number of hydrogen-bond acceptors (Lipinski definition) is 3. The van der Waals surface area contributed by atoms with Gasteiger partial charge >= 0.3 is 6.18 Å². The van der Waals surface area contributed by atoms with Crippen molar-refractivity contribution in [1.29, 1.82) is 0 Å². The van der Waals surface area contributed by atoms with E-state index in [1.165, 1.54) is 43.3 Å². The van der Waals surface area contributed by atoms with Gasteiger partial charge in [-0.15, -0.1) is 0 Å². The minimum atomic E-state index is -4.39. The molecule has 0 heterocycles. The standard InChI is InChI=1S/C17H16F3NO3/c1-21(10-11-3-5-12(6-4-11)17(18,19)20)16(23)14-8-7-13(24-2)9-15(14)22/h3-9,22H,10H2,1-2H3. The molecule has 0 unspecified atom stereocenters. The van der Waals surface area contributed by atoms with Gasteiger partial charge in [0.05, 0.1) is 18.2 Å². The van der Waals surface area contributed by atoms with Gasteiger partial charge in [-0.2, -0.15) is 13.2 Å². The number of nitrogens with zero attached hydrogens (tertiary/aromatic N) is 1. The Balaban J connectivity index is 2.11. The third-order valence-corrected chi connectivity index (χ3v) is 3.48. The van der Waals surface area contributed by atoms with Crippen molar-refractivity contribution < 1.29 is 27.8 Å². The zero-order valence-electron chi connectivity index (χ0n) is 13.1. The molecule has 0 atom stereocenters. The summed E-state index contributed by atoms with van der Waals surface area (Å²) in [4.78, 5) is 13.7. The highest BCUT2D eigenvalue weighted by Crippen LogP contribution is 2.29. The lowest BCUT2D eigenvalue weighted by atomic mass is 10.1. The number of hydrogen-bond donors (Lipinski definition) is 1. The molecule has 0 bridgehead atoms. The smallest absolute Gasteiger partial charge is 0.416 e. The van der Waals surface area contributed by atoms with E-state index in [2.05, 4.69) is 0 Å². The topological polar surface area (TPSA) is 49.8 Å². The first-order chi connectivity index (χ1) is 11.2. The summed E-state index contributed by atoms with van der Waals surface area (Å²) >= 11 is 0. The Bertz CT molecular complexity index is 727. The van der Waals surface area contributed by atoms with Crippen molar-refractivity contribution in [2.45, 2.75) is 12.7 Å². The average Bonchev–Trinajstić information content (AvgIpc) is 2.53. The number of phenolic OH excluding ortho intramolecular Hbond substituents is 1. The fourth-order valence-electron chi connectivity index (χ4n) is 2.17. The Kier molecular flexibility index (Phi) is 5.02. The van der Waals surface area contributed by atoms with Crippen LogP contribution in [-0.2, 0) is 12.7 Å². The van der Waals surface area contributed by atoms with Crippen LogP contribution in [0.5, 0.6) is 11.5 Å². The number of carbonyl (C=O) groups is 1. The number of methoxy groups -OCH3 is 1. The van der Waals surface area contributed by atoms with Crippen LogP contribution in [0.3, 0.4) is 0 Å². The van der Waals surface area contributed by atoms with E-state index in [1.807, 2.05) is 0 Å². The molecule has 2 rings (SSSR count). The largest absolute Gasteiger partial charge is 0.507 e. The zero-order valence-corrected chi connectivity index (χ0v) is 13.1. The molecular weight excluding hydrogens is 323 g/mol. The Hall–Kier alpha value is -2.70. The van der Waals surface area contributed by atoms with Gasteiger partial charge in [0, 0.05) is 19.7 Å². The second-order valence-electron chi connectivity index (χ2n) is 5.24. The maximum absolute atomic E-state index is 12.5. The van der Waals surface area contributed by atoms with Crippen LogP contribution >= 0.6 is 0 Å². The van der Waals surface area contributed by atoms with E-state index in [0.717, 1.165) is 12.1 Å². The maximum Gasteiger partial charge on any atom is 0.416 e. The first-order valence-electron chi connectivity index (χ1n) is 7.01. The molecule has 1 amide bonds. The van der Waals surface area contributed by atoms with E-state index in [1.54, 1.807) is 6.07 Å². The number of halogens is 3. The van der Waals surface area contributed by atoms with Gasteiger partial charge < -0.3 is 14.7 Å². The molecule has 0 aliphatic carbocycles. The van der Waals surface area contributed by atoms with Gasteiger partial charge in [-0.3, -0.25) is 4.79 Å². The van der Waals surface area contributed by atoms with Crippen LogP contribution in [0.2, 0.25) is 0 Å². The van der Waals surface area contributed by atoms with Crippen LogP contribution in [-0.4, -0.2) is 30.1 Å². The van der Waals surface area contributed by atoms with Crippen molar-refractivity contribution in [3.63, 3.8) is 0 Å². The van der Waals surface area contributed by atoms with E-state index >= 15 is 0 Å². The van der Waals surface area contributed by atoms with Gasteiger partial charge in [0.1, 0.15) is 11.5 Å². The number of alkyl halides is 3. The molecule has 2 aromatic rings. The van der Waals surface area contributed by atoms with E-state index in [9.17, 15) is 23.1 Å². The molecule has 0 aliphatic rings. The van der Waals surface area contributed by atoms with E-state index in [0.29, 0.717) is 11.3 Å². The van der Waals surface area contributed by atoms with Gasteiger partial charge in [0.2, 0.25) is 0 Å². The predicted octanol–water partition coefficient (Wildman–Crippen LogP) is 3.69. The van der Waals surface area contributed by atoms with E-state index in [-0.39, 0.29) is 17.9 Å². The third-order valence-electron chi connectivity index (χ3n) is 3.48. The number of aromatic hydroxyl groups is 1. The first kappa shape index (κ1) is 17.7. The maximum atomic E-state index is 12.5. The fraction of sp³-hybridized carbons (Fsp3) is 0.235. The molecule has 7 heteroatoms. The average molecular weight is 339 g/mol. The molecule has 128 valence electrons. The molecule has 0 saturated carbocycles. The number of benzene rings is 2. The monoisotopic (exact) mass is 339 g/mol. The zero-order chi connectivity index (χ0) is 17.9. The van der Waals surface area contributed by atoms with Crippen LogP contribution in [0.1, 0.15) is 21.5 Å². The van der Waals surface area contributed by atoms with Gasteiger partial charge in [0.15, 0.2) is 0 Å². The quantitative estimate of drug-likeness (QED) is 0.924. The number of phenols is 1. The highest BCUT2D eigenvalue weighted by atomic mass is 19.4. The van der Waals surface area contributed by atoms with Gasteiger partial charge in [-0.1, -0.05) is 12.1 Å². The Morgan fingerprint density at radius 3 is 2.29 bits per heavy atom. The van der Waals surface area contributed by atoms with E-state index in [4.69, 9.17) is 4.74 Å². The second-order valence-corrected chi connectivity index (χ2v) is 5.24. The van der Waals surface area contributed by atoms with Crippen LogP contribution in [0, 0.1) is 0 Å². The molecule has 0 fully saturated rings. The summed E-state index contributed by atoms with van der Waals surface area (Å²) in [7, 11) is 2.94. The summed E-state index contributed by atoms with van der Waals surface area (Å²) < 4.78 is 42.6. The lowest BCUT2D eigenvalue weighted by molar-refractivity contribution is -0.137.